The zero-order valence-electron chi connectivity index (χ0n) is 10.6. The molecule has 0 aromatic carbocycles. The van der Waals surface area contributed by atoms with Gasteiger partial charge in [-0.25, -0.2) is 4.98 Å². The van der Waals surface area contributed by atoms with Crippen molar-refractivity contribution in [2.24, 2.45) is 5.73 Å². The third kappa shape index (κ3) is 3.25. The zero-order chi connectivity index (χ0) is 12.3. The van der Waals surface area contributed by atoms with E-state index in [1.54, 1.807) is 18.4 Å². The molecule has 1 aromatic heterocycles. The highest BCUT2D eigenvalue weighted by molar-refractivity contribution is 7.11. The number of hydrogen-bond acceptors (Lipinski definition) is 5. The van der Waals surface area contributed by atoms with Crippen molar-refractivity contribution in [3.05, 3.63) is 16.1 Å². The lowest BCUT2D eigenvalue weighted by molar-refractivity contribution is 0.0106. The van der Waals surface area contributed by atoms with E-state index in [0.717, 1.165) is 30.9 Å². The first-order valence-corrected chi connectivity index (χ1v) is 6.92. The summed E-state index contributed by atoms with van der Waals surface area (Å²) in [5.41, 5.74) is 5.86. The average Bonchev–Trinajstić information content (AvgIpc) is 2.75. The molecule has 0 saturated carbocycles. The van der Waals surface area contributed by atoms with E-state index in [1.165, 1.54) is 4.88 Å². The molecule has 0 amide bonds. The van der Waals surface area contributed by atoms with Crippen LogP contribution in [-0.4, -0.2) is 42.2 Å². The molecule has 0 bridgehead atoms. The van der Waals surface area contributed by atoms with Crippen LogP contribution in [0.4, 0.5) is 0 Å². The number of methoxy groups -OCH3 is 1. The maximum absolute atomic E-state index is 5.86. The fourth-order valence-corrected chi connectivity index (χ4v) is 3.23. The molecule has 2 rings (SSSR count). The van der Waals surface area contributed by atoms with E-state index in [9.17, 15) is 0 Å². The van der Waals surface area contributed by atoms with Crippen molar-refractivity contribution in [3.8, 4) is 0 Å². The molecule has 17 heavy (non-hydrogen) atoms. The minimum Gasteiger partial charge on any atom is -0.381 e. The van der Waals surface area contributed by atoms with Crippen LogP contribution in [0.2, 0.25) is 0 Å². The summed E-state index contributed by atoms with van der Waals surface area (Å²) in [6, 6.07) is 0.441. The molecule has 0 radical (unpaired) electrons. The first-order valence-electron chi connectivity index (χ1n) is 6.11. The standard InChI is InChI=1S/C12H21N3OS/c1-9-14-7-12(17-9)8-15-4-3-11(16-2)5-10(15)6-13/h7,10-11H,3-6,8,13H2,1-2H3. The minimum atomic E-state index is 0.378. The number of likely N-dealkylation sites (tertiary alicyclic amines) is 1. The van der Waals surface area contributed by atoms with Gasteiger partial charge in [0.2, 0.25) is 0 Å². The number of piperidine rings is 1. The fourth-order valence-electron chi connectivity index (χ4n) is 2.41. The van der Waals surface area contributed by atoms with E-state index in [2.05, 4.69) is 9.88 Å². The second kappa shape index (κ2) is 5.91. The summed E-state index contributed by atoms with van der Waals surface area (Å²) in [6.45, 7) is 4.80. The Labute approximate surface area is 107 Å². The average molecular weight is 255 g/mol. The van der Waals surface area contributed by atoms with Gasteiger partial charge < -0.3 is 10.5 Å². The van der Waals surface area contributed by atoms with Gasteiger partial charge in [0.25, 0.3) is 0 Å². The van der Waals surface area contributed by atoms with Gasteiger partial charge in [-0.2, -0.15) is 0 Å². The smallest absolute Gasteiger partial charge is 0.0897 e. The molecule has 1 aromatic rings. The molecule has 96 valence electrons. The van der Waals surface area contributed by atoms with Gasteiger partial charge in [-0.3, -0.25) is 4.90 Å². The Bertz CT molecular complexity index is 355. The molecule has 1 aliphatic rings. The van der Waals surface area contributed by atoms with Crippen LogP contribution < -0.4 is 5.73 Å². The third-order valence-electron chi connectivity index (χ3n) is 3.42. The maximum Gasteiger partial charge on any atom is 0.0897 e. The van der Waals surface area contributed by atoms with E-state index in [-0.39, 0.29) is 0 Å². The molecule has 2 N–H and O–H groups in total. The summed E-state index contributed by atoms with van der Waals surface area (Å²) in [7, 11) is 1.79. The molecule has 5 heteroatoms. The van der Waals surface area contributed by atoms with Crippen molar-refractivity contribution < 1.29 is 4.74 Å². The van der Waals surface area contributed by atoms with E-state index < -0.39 is 0 Å². The van der Waals surface area contributed by atoms with Gasteiger partial charge >= 0.3 is 0 Å². The largest absolute Gasteiger partial charge is 0.381 e. The first-order chi connectivity index (χ1) is 8.22. The Morgan fingerprint density at radius 3 is 3.06 bits per heavy atom. The van der Waals surface area contributed by atoms with Crippen molar-refractivity contribution in [1.82, 2.24) is 9.88 Å². The van der Waals surface area contributed by atoms with Crippen LogP contribution in [0.25, 0.3) is 0 Å². The van der Waals surface area contributed by atoms with E-state index in [0.29, 0.717) is 18.7 Å². The zero-order valence-corrected chi connectivity index (χ0v) is 11.4. The number of aryl methyl sites for hydroxylation is 1. The van der Waals surface area contributed by atoms with Crippen molar-refractivity contribution in [1.29, 1.82) is 0 Å². The molecule has 0 aliphatic carbocycles. The Morgan fingerprint density at radius 2 is 2.47 bits per heavy atom. The molecule has 4 nitrogen and oxygen atoms in total. The van der Waals surface area contributed by atoms with Crippen LogP contribution in [0.3, 0.4) is 0 Å². The second-order valence-electron chi connectivity index (χ2n) is 4.59. The lowest BCUT2D eigenvalue weighted by atomic mass is 9.99. The highest BCUT2D eigenvalue weighted by Gasteiger charge is 2.27. The number of aromatic nitrogens is 1. The summed E-state index contributed by atoms with van der Waals surface area (Å²) in [5, 5.41) is 1.14. The summed E-state index contributed by atoms with van der Waals surface area (Å²) in [5.74, 6) is 0. The molecule has 2 heterocycles. The Morgan fingerprint density at radius 1 is 1.65 bits per heavy atom. The van der Waals surface area contributed by atoms with Crippen LogP contribution in [0.5, 0.6) is 0 Å². The van der Waals surface area contributed by atoms with E-state index >= 15 is 0 Å². The number of thiazole rings is 1. The summed E-state index contributed by atoms with van der Waals surface area (Å²) >= 11 is 1.78. The maximum atomic E-state index is 5.86. The highest BCUT2D eigenvalue weighted by Crippen LogP contribution is 2.23. The Hall–Kier alpha value is -0.490. The predicted molar refractivity (Wildman–Crippen MR) is 70.1 cm³/mol. The van der Waals surface area contributed by atoms with Gasteiger partial charge in [0, 0.05) is 43.9 Å². The van der Waals surface area contributed by atoms with E-state index in [4.69, 9.17) is 10.5 Å². The lowest BCUT2D eigenvalue weighted by Crippen LogP contribution is -2.47. The molecule has 2 unspecified atom stereocenters. The number of nitrogens with zero attached hydrogens (tertiary/aromatic N) is 2. The minimum absolute atomic E-state index is 0.378. The lowest BCUT2D eigenvalue weighted by Gasteiger charge is -2.38. The summed E-state index contributed by atoms with van der Waals surface area (Å²) in [4.78, 5) is 8.09. The number of ether oxygens (including phenoxy) is 1. The van der Waals surface area contributed by atoms with Crippen molar-refractivity contribution >= 4 is 11.3 Å². The normalized spacial score (nSPS) is 26.3. The van der Waals surface area contributed by atoms with Gasteiger partial charge in [0.1, 0.15) is 0 Å². The predicted octanol–water partition coefficient (Wildman–Crippen LogP) is 1.39. The van der Waals surface area contributed by atoms with Gasteiger partial charge in [-0.05, 0) is 19.8 Å². The van der Waals surface area contributed by atoms with Gasteiger partial charge in [0.15, 0.2) is 0 Å². The number of rotatable bonds is 4. The van der Waals surface area contributed by atoms with Crippen LogP contribution in [-0.2, 0) is 11.3 Å². The number of hydrogen-bond donors (Lipinski definition) is 1. The van der Waals surface area contributed by atoms with Crippen molar-refractivity contribution in [2.75, 3.05) is 20.2 Å². The van der Waals surface area contributed by atoms with Crippen LogP contribution in [0, 0.1) is 6.92 Å². The highest BCUT2D eigenvalue weighted by atomic mass is 32.1. The first kappa shape index (κ1) is 13.0. The van der Waals surface area contributed by atoms with Crippen LogP contribution >= 0.6 is 11.3 Å². The van der Waals surface area contributed by atoms with Gasteiger partial charge in [0.05, 0.1) is 11.1 Å². The second-order valence-corrected chi connectivity index (χ2v) is 5.91. The molecular formula is C12H21N3OS. The molecule has 0 spiro atoms. The van der Waals surface area contributed by atoms with Crippen molar-refractivity contribution in [2.45, 2.75) is 38.5 Å². The molecule has 2 atom stereocenters. The van der Waals surface area contributed by atoms with E-state index in [1.807, 2.05) is 13.1 Å². The molecule has 1 saturated heterocycles. The monoisotopic (exact) mass is 255 g/mol. The molecule has 1 fully saturated rings. The fraction of sp³-hybridized carbons (Fsp3) is 0.750. The van der Waals surface area contributed by atoms with Crippen molar-refractivity contribution in [3.63, 3.8) is 0 Å². The van der Waals surface area contributed by atoms with Crippen LogP contribution in [0.15, 0.2) is 6.20 Å². The SMILES string of the molecule is COC1CCN(Cc2cnc(C)s2)C(CN)C1. The molecule has 1 aliphatic heterocycles. The third-order valence-corrected chi connectivity index (χ3v) is 4.32. The van der Waals surface area contributed by atoms with Gasteiger partial charge in [-0.15, -0.1) is 11.3 Å². The number of nitrogens with two attached hydrogens (primary N) is 1. The Balaban J connectivity index is 1.95. The molecular weight excluding hydrogens is 234 g/mol. The summed E-state index contributed by atoms with van der Waals surface area (Å²) < 4.78 is 5.43. The van der Waals surface area contributed by atoms with Crippen LogP contribution in [0.1, 0.15) is 22.7 Å². The summed E-state index contributed by atoms with van der Waals surface area (Å²) in [6.07, 6.45) is 4.51. The quantitative estimate of drug-likeness (QED) is 0.883. The van der Waals surface area contributed by atoms with Gasteiger partial charge in [-0.1, -0.05) is 0 Å². The topological polar surface area (TPSA) is 51.4 Å². The Kier molecular flexibility index (Phi) is 4.50.